The fraction of sp³-hybridized carbons (Fsp3) is 0.478. The summed E-state index contributed by atoms with van der Waals surface area (Å²) < 4.78 is 0. The van der Waals surface area contributed by atoms with Crippen molar-refractivity contribution in [3.63, 3.8) is 0 Å². The number of nitrogens with one attached hydrogen (secondary N) is 2. The van der Waals surface area contributed by atoms with Crippen LogP contribution < -0.4 is 10.6 Å². The monoisotopic (exact) mass is 396 g/mol. The number of pyridine rings is 1. The Morgan fingerprint density at radius 3 is 2.25 bits per heavy atom. The van der Waals surface area contributed by atoms with Crippen molar-refractivity contribution in [2.75, 3.05) is 0 Å². The number of piperidine rings is 1. The Kier molecular flexibility index (Phi) is 6.36. The van der Waals surface area contributed by atoms with Crippen LogP contribution in [0.2, 0.25) is 0 Å². The smallest absolute Gasteiger partial charge is 0.169 e. The number of hydrogen-bond acceptors (Lipinski definition) is 3. The van der Waals surface area contributed by atoms with Crippen molar-refractivity contribution in [1.29, 1.82) is 0 Å². The van der Waals surface area contributed by atoms with Crippen LogP contribution in [-0.2, 0) is 13.1 Å². The fourth-order valence-electron chi connectivity index (χ4n) is 4.41. The summed E-state index contributed by atoms with van der Waals surface area (Å²) in [5.41, 5.74) is 2.58. The molecular formula is C23H32N4S. The average molecular weight is 397 g/mol. The summed E-state index contributed by atoms with van der Waals surface area (Å²) in [7, 11) is 0. The number of aromatic nitrogens is 1. The fourth-order valence-corrected chi connectivity index (χ4v) is 4.70. The van der Waals surface area contributed by atoms with Gasteiger partial charge in [0.2, 0.25) is 0 Å². The lowest BCUT2D eigenvalue weighted by Crippen LogP contribution is -2.62. The van der Waals surface area contributed by atoms with Gasteiger partial charge in [-0.05, 0) is 69.9 Å². The molecule has 2 heterocycles. The lowest BCUT2D eigenvalue weighted by molar-refractivity contribution is 0.153. The molecule has 1 aliphatic heterocycles. The number of hydrogen-bond donors (Lipinski definition) is 2. The van der Waals surface area contributed by atoms with E-state index >= 15 is 0 Å². The summed E-state index contributed by atoms with van der Waals surface area (Å²) in [5.74, 6) is 0. The molecule has 0 amide bonds. The van der Waals surface area contributed by atoms with Gasteiger partial charge in [0.15, 0.2) is 5.11 Å². The number of benzene rings is 1. The second-order valence-corrected chi connectivity index (χ2v) is 9.54. The van der Waals surface area contributed by atoms with Gasteiger partial charge in [0.1, 0.15) is 0 Å². The molecule has 0 atom stereocenters. The van der Waals surface area contributed by atoms with Crippen molar-refractivity contribution in [2.45, 2.75) is 70.7 Å². The molecule has 1 saturated heterocycles. The molecule has 0 spiro atoms. The zero-order chi connectivity index (χ0) is 20.2. The third-order valence-electron chi connectivity index (χ3n) is 5.12. The summed E-state index contributed by atoms with van der Waals surface area (Å²) in [5, 5.41) is 8.22. The van der Waals surface area contributed by atoms with Crippen LogP contribution in [-0.4, -0.2) is 32.1 Å². The predicted molar refractivity (Wildman–Crippen MR) is 120 cm³/mol. The molecule has 28 heavy (non-hydrogen) atoms. The van der Waals surface area contributed by atoms with Crippen LogP contribution in [0.15, 0.2) is 54.9 Å². The molecular weight excluding hydrogens is 364 g/mol. The van der Waals surface area contributed by atoms with E-state index in [1.165, 1.54) is 5.56 Å². The minimum Gasteiger partial charge on any atom is -0.360 e. The molecule has 5 heteroatoms. The second kappa shape index (κ2) is 8.58. The van der Waals surface area contributed by atoms with E-state index in [4.69, 9.17) is 12.2 Å². The first kappa shape index (κ1) is 20.7. The Labute approximate surface area is 174 Å². The van der Waals surface area contributed by atoms with Crippen molar-refractivity contribution in [3.8, 4) is 0 Å². The maximum atomic E-state index is 5.88. The molecule has 0 bridgehead atoms. The second-order valence-electron chi connectivity index (χ2n) is 9.15. The maximum absolute atomic E-state index is 5.88. The average Bonchev–Trinajstić information content (AvgIpc) is 2.60. The maximum Gasteiger partial charge on any atom is 0.169 e. The summed E-state index contributed by atoms with van der Waals surface area (Å²) in [6.07, 6.45) is 5.81. The van der Waals surface area contributed by atoms with Gasteiger partial charge in [-0.25, -0.2) is 0 Å². The molecule has 0 unspecified atom stereocenters. The molecule has 1 aliphatic rings. The molecule has 2 N–H and O–H groups in total. The lowest BCUT2D eigenvalue weighted by atomic mass is 9.80. The Hall–Kier alpha value is -1.98. The van der Waals surface area contributed by atoms with E-state index in [0.717, 1.165) is 36.6 Å². The minimum atomic E-state index is 0.0860. The van der Waals surface area contributed by atoms with Gasteiger partial charge in [-0.3, -0.25) is 4.98 Å². The van der Waals surface area contributed by atoms with Crippen molar-refractivity contribution >= 4 is 17.3 Å². The standard InChI is InChI=1S/C23H32N4S/c1-22(2)13-20(14-23(3,4)26-22)25-21(28)27(16-18-9-6-5-7-10-18)17-19-11-8-12-24-15-19/h5-12,15,20,26H,13-14,16-17H2,1-4H3,(H,25,28). The van der Waals surface area contributed by atoms with E-state index in [9.17, 15) is 0 Å². The third-order valence-corrected chi connectivity index (χ3v) is 5.49. The van der Waals surface area contributed by atoms with E-state index in [-0.39, 0.29) is 11.1 Å². The van der Waals surface area contributed by atoms with Crippen LogP contribution in [0.4, 0.5) is 0 Å². The minimum absolute atomic E-state index is 0.0860. The first-order chi connectivity index (χ1) is 13.2. The van der Waals surface area contributed by atoms with E-state index in [2.05, 4.69) is 78.5 Å². The van der Waals surface area contributed by atoms with E-state index in [1.54, 1.807) is 6.20 Å². The Bertz CT molecular complexity index is 716. The highest BCUT2D eigenvalue weighted by molar-refractivity contribution is 7.80. The van der Waals surface area contributed by atoms with Gasteiger partial charge >= 0.3 is 0 Å². The summed E-state index contributed by atoms with van der Waals surface area (Å²) >= 11 is 5.88. The van der Waals surface area contributed by atoms with E-state index in [0.29, 0.717) is 6.04 Å². The molecule has 3 rings (SSSR count). The van der Waals surface area contributed by atoms with Crippen LogP contribution >= 0.6 is 12.2 Å². The van der Waals surface area contributed by atoms with E-state index in [1.807, 2.05) is 18.3 Å². The number of nitrogens with zero attached hydrogens (tertiary/aromatic N) is 2. The molecule has 2 aromatic rings. The first-order valence-corrected chi connectivity index (χ1v) is 10.4. The molecule has 1 aromatic heterocycles. The Morgan fingerprint density at radius 2 is 1.64 bits per heavy atom. The summed E-state index contributed by atoms with van der Waals surface area (Å²) in [6.45, 7) is 10.6. The highest BCUT2D eigenvalue weighted by atomic mass is 32.1. The molecule has 4 nitrogen and oxygen atoms in total. The first-order valence-electron chi connectivity index (χ1n) is 10.0. The summed E-state index contributed by atoms with van der Waals surface area (Å²) in [4.78, 5) is 6.50. The SMILES string of the molecule is CC1(C)CC(NC(=S)N(Cc2ccccc2)Cc2cccnc2)CC(C)(C)N1. The molecule has 0 radical (unpaired) electrons. The normalized spacial score (nSPS) is 18.4. The highest BCUT2D eigenvalue weighted by Gasteiger charge is 2.38. The number of thiocarbonyl (C=S) groups is 1. The molecule has 150 valence electrons. The van der Waals surface area contributed by atoms with Crippen molar-refractivity contribution in [1.82, 2.24) is 20.5 Å². The zero-order valence-corrected chi connectivity index (χ0v) is 18.2. The van der Waals surface area contributed by atoms with Crippen LogP contribution in [0.5, 0.6) is 0 Å². The molecule has 1 fully saturated rings. The largest absolute Gasteiger partial charge is 0.360 e. The topological polar surface area (TPSA) is 40.2 Å². The van der Waals surface area contributed by atoms with Gasteiger partial charge in [0.25, 0.3) is 0 Å². The molecule has 0 saturated carbocycles. The van der Waals surface area contributed by atoms with Crippen molar-refractivity contribution < 1.29 is 0 Å². The van der Waals surface area contributed by atoms with E-state index < -0.39 is 0 Å². The van der Waals surface area contributed by atoms with Crippen LogP contribution in [0.3, 0.4) is 0 Å². The van der Waals surface area contributed by atoms with Gasteiger partial charge < -0.3 is 15.5 Å². The predicted octanol–water partition coefficient (Wildman–Crippen LogP) is 4.27. The van der Waals surface area contributed by atoms with Gasteiger partial charge in [-0.1, -0.05) is 36.4 Å². The van der Waals surface area contributed by atoms with Crippen LogP contribution in [0.1, 0.15) is 51.7 Å². The number of rotatable bonds is 5. The third kappa shape index (κ3) is 6.01. The summed E-state index contributed by atoms with van der Waals surface area (Å²) in [6, 6.07) is 14.9. The molecule has 0 aliphatic carbocycles. The van der Waals surface area contributed by atoms with Gasteiger partial charge in [-0.15, -0.1) is 0 Å². The van der Waals surface area contributed by atoms with Crippen molar-refractivity contribution in [2.24, 2.45) is 0 Å². The molecule has 1 aromatic carbocycles. The zero-order valence-electron chi connectivity index (χ0n) is 17.4. The van der Waals surface area contributed by atoms with Gasteiger partial charge in [0, 0.05) is 42.6 Å². The van der Waals surface area contributed by atoms with Gasteiger partial charge in [-0.2, -0.15) is 0 Å². The van der Waals surface area contributed by atoms with Crippen LogP contribution in [0.25, 0.3) is 0 Å². The Balaban J connectivity index is 1.74. The Morgan fingerprint density at radius 1 is 1.04 bits per heavy atom. The van der Waals surface area contributed by atoms with Crippen molar-refractivity contribution in [3.05, 3.63) is 66.0 Å². The van der Waals surface area contributed by atoms with Gasteiger partial charge in [0.05, 0.1) is 0 Å². The highest BCUT2D eigenvalue weighted by Crippen LogP contribution is 2.28. The quantitative estimate of drug-likeness (QED) is 0.739. The lowest BCUT2D eigenvalue weighted by Gasteiger charge is -2.47. The van der Waals surface area contributed by atoms with Crippen LogP contribution in [0, 0.1) is 0 Å².